The van der Waals surface area contributed by atoms with Gasteiger partial charge in [0.05, 0.1) is 25.3 Å². The van der Waals surface area contributed by atoms with Crippen LogP contribution in [0.15, 0.2) is 42.5 Å². The summed E-state index contributed by atoms with van der Waals surface area (Å²) in [5.74, 6) is -0.327. The standard InChI is InChI=1S/C22H25NO7/c1-22(2,3)30-21(26)23-15-8-6-7-14(11-15)20(25)29-13-18(24)17-12-16(27-4)9-10-19(17)28-5/h6-12H,13H2,1-5H3,(H,23,26). The van der Waals surface area contributed by atoms with Crippen LogP contribution in [0.25, 0.3) is 0 Å². The summed E-state index contributed by atoms with van der Waals surface area (Å²) in [6, 6.07) is 10.9. The molecule has 0 aliphatic rings. The van der Waals surface area contributed by atoms with Crippen LogP contribution in [0.1, 0.15) is 41.5 Å². The topological polar surface area (TPSA) is 100 Å². The van der Waals surface area contributed by atoms with Gasteiger partial charge in [-0.15, -0.1) is 0 Å². The van der Waals surface area contributed by atoms with E-state index in [-0.39, 0.29) is 11.1 Å². The Morgan fingerprint density at radius 3 is 2.33 bits per heavy atom. The molecule has 30 heavy (non-hydrogen) atoms. The van der Waals surface area contributed by atoms with E-state index < -0.39 is 30.1 Å². The average molecular weight is 415 g/mol. The van der Waals surface area contributed by atoms with E-state index in [0.29, 0.717) is 17.2 Å². The summed E-state index contributed by atoms with van der Waals surface area (Å²) in [6.07, 6.45) is -0.645. The maximum absolute atomic E-state index is 12.5. The predicted octanol–water partition coefficient (Wildman–Crippen LogP) is 4.09. The van der Waals surface area contributed by atoms with Crippen LogP contribution >= 0.6 is 0 Å². The molecular weight excluding hydrogens is 390 g/mol. The quantitative estimate of drug-likeness (QED) is 0.537. The molecule has 1 N–H and O–H groups in total. The zero-order valence-corrected chi connectivity index (χ0v) is 17.6. The van der Waals surface area contributed by atoms with Gasteiger partial charge < -0.3 is 18.9 Å². The van der Waals surface area contributed by atoms with Crippen LogP contribution < -0.4 is 14.8 Å². The third-order valence-electron chi connectivity index (χ3n) is 3.78. The van der Waals surface area contributed by atoms with Crippen LogP contribution in [0.2, 0.25) is 0 Å². The molecule has 0 heterocycles. The summed E-state index contributed by atoms with van der Waals surface area (Å²) in [7, 11) is 2.92. The van der Waals surface area contributed by atoms with Crippen molar-refractivity contribution in [2.75, 3.05) is 26.1 Å². The predicted molar refractivity (Wildman–Crippen MR) is 110 cm³/mol. The third-order valence-corrected chi connectivity index (χ3v) is 3.78. The summed E-state index contributed by atoms with van der Waals surface area (Å²) in [6.45, 7) is 4.75. The fourth-order valence-corrected chi connectivity index (χ4v) is 2.47. The van der Waals surface area contributed by atoms with Crippen molar-refractivity contribution in [1.29, 1.82) is 0 Å². The van der Waals surface area contributed by atoms with Crippen molar-refractivity contribution < 1.29 is 33.3 Å². The smallest absolute Gasteiger partial charge is 0.412 e. The van der Waals surface area contributed by atoms with Gasteiger partial charge in [-0.2, -0.15) is 0 Å². The molecule has 2 aromatic carbocycles. The fraction of sp³-hybridized carbons (Fsp3) is 0.318. The second-order valence-electron chi connectivity index (χ2n) is 7.27. The molecule has 160 valence electrons. The molecular formula is C22H25NO7. The molecule has 0 aliphatic carbocycles. The van der Waals surface area contributed by atoms with Crippen LogP contribution in [0.4, 0.5) is 10.5 Å². The Morgan fingerprint density at radius 2 is 1.70 bits per heavy atom. The number of rotatable bonds is 7. The molecule has 0 fully saturated rings. The van der Waals surface area contributed by atoms with Gasteiger partial charge in [-0.3, -0.25) is 10.1 Å². The lowest BCUT2D eigenvalue weighted by atomic mass is 10.1. The summed E-state index contributed by atoms with van der Waals surface area (Å²) >= 11 is 0. The number of hydrogen-bond acceptors (Lipinski definition) is 7. The Kier molecular flexibility index (Phi) is 7.41. The molecule has 0 aliphatic heterocycles. The molecule has 2 aromatic rings. The maximum atomic E-state index is 12.5. The number of anilines is 1. The molecule has 0 bridgehead atoms. The minimum absolute atomic E-state index is 0.175. The number of Topliss-reactive ketones (excluding diaryl/α,β-unsaturated/α-hetero) is 1. The molecule has 0 saturated carbocycles. The number of hydrogen-bond donors (Lipinski definition) is 1. The Labute approximate surface area is 175 Å². The average Bonchev–Trinajstić information content (AvgIpc) is 2.69. The van der Waals surface area contributed by atoms with Gasteiger partial charge in [0.1, 0.15) is 17.1 Å². The van der Waals surface area contributed by atoms with E-state index in [9.17, 15) is 14.4 Å². The first-order chi connectivity index (χ1) is 14.1. The number of methoxy groups -OCH3 is 2. The number of carbonyl (C=O) groups is 3. The molecule has 0 spiro atoms. The number of nitrogens with one attached hydrogen (secondary N) is 1. The van der Waals surface area contributed by atoms with Gasteiger partial charge in [0.15, 0.2) is 6.61 Å². The van der Waals surface area contributed by atoms with Crippen LogP contribution in [-0.4, -0.2) is 44.3 Å². The van der Waals surface area contributed by atoms with Crippen molar-refractivity contribution in [1.82, 2.24) is 0 Å². The zero-order valence-electron chi connectivity index (χ0n) is 17.6. The van der Waals surface area contributed by atoms with E-state index in [4.69, 9.17) is 18.9 Å². The van der Waals surface area contributed by atoms with Gasteiger partial charge >= 0.3 is 12.1 Å². The molecule has 0 aromatic heterocycles. The number of ether oxygens (including phenoxy) is 4. The molecule has 0 atom stereocenters. The van der Waals surface area contributed by atoms with Crippen LogP contribution in [-0.2, 0) is 9.47 Å². The third kappa shape index (κ3) is 6.51. The normalized spacial score (nSPS) is 10.7. The monoisotopic (exact) mass is 415 g/mol. The highest BCUT2D eigenvalue weighted by Crippen LogP contribution is 2.24. The summed E-state index contributed by atoms with van der Waals surface area (Å²) in [4.78, 5) is 36.7. The molecule has 2 rings (SSSR count). The van der Waals surface area contributed by atoms with E-state index in [1.165, 1.54) is 32.4 Å². The summed E-state index contributed by atoms with van der Waals surface area (Å²) < 4.78 is 20.6. The van der Waals surface area contributed by atoms with Crippen molar-refractivity contribution in [3.8, 4) is 11.5 Å². The Balaban J connectivity index is 2.03. The van der Waals surface area contributed by atoms with Crippen molar-refractivity contribution in [2.24, 2.45) is 0 Å². The minimum atomic E-state index is -0.710. The number of esters is 1. The van der Waals surface area contributed by atoms with Crippen LogP contribution in [0.5, 0.6) is 11.5 Å². The number of benzene rings is 2. The lowest BCUT2D eigenvalue weighted by molar-refractivity contribution is 0.0473. The Morgan fingerprint density at radius 1 is 0.967 bits per heavy atom. The minimum Gasteiger partial charge on any atom is -0.497 e. The van der Waals surface area contributed by atoms with E-state index in [1.54, 1.807) is 45.0 Å². The highest BCUT2D eigenvalue weighted by atomic mass is 16.6. The number of ketones is 1. The fourth-order valence-electron chi connectivity index (χ4n) is 2.47. The van der Waals surface area contributed by atoms with E-state index in [1.807, 2.05) is 0 Å². The maximum Gasteiger partial charge on any atom is 0.412 e. The van der Waals surface area contributed by atoms with Crippen molar-refractivity contribution in [3.63, 3.8) is 0 Å². The summed E-state index contributed by atoms with van der Waals surface area (Å²) in [5.41, 5.74) is 0.126. The Hall–Kier alpha value is -3.55. The molecule has 1 amide bonds. The number of amides is 1. The largest absolute Gasteiger partial charge is 0.497 e. The molecule has 0 unspecified atom stereocenters. The SMILES string of the molecule is COc1ccc(OC)c(C(=O)COC(=O)c2cccc(NC(=O)OC(C)(C)C)c2)c1. The highest BCUT2D eigenvalue weighted by molar-refractivity contribution is 6.02. The van der Waals surface area contributed by atoms with Gasteiger partial charge in [-0.05, 0) is 57.2 Å². The van der Waals surface area contributed by atoms with E-state index >= 15 is 0 Å². The van der Waals surface area contributed by atoms with Gasteiger partial charge in [0, 0.05) is 5.69 Å². The second-order valence-corrected chi connectivity index (χ2v) is 7.27. The lowest BCUT2D eigenvalue weighted by Gasteiger charge is -2.19. The second kappa shape index (κ2) is 9.78. The van der Waals surface area contributed by atoms with Crippen molar-refractivity contribution in [3.05, 3.63) is 53.6 Å². The van der Waals surface area contributed by atoms with Crippen LogP contribution in [0.3, 0.4) is 0 Å². The van der Waals surface area contributed by atoms with Crippen LogP contribution in [0, 0.1) is 0 Å². The zero-order chi connectivity index (χ0) is 22.3. The summed E-state index contributed by atoms with van der Waals surface area (Å²) in [5, 5.41) is 2.55. The molecule has 0 saturated heterocycles. The van der Waals surface area contributed by atoms with Gasteiger partial charge in [-0.25, -0.2) is 9.59 Å². The first-order valence-corrected chi connectivity index (χ1v) is 9.15. The molecule has 0 radical (unpaired) electrons. The van der Waals surface area contributed by atoms with Crippen molar-refractivity contribution >= 4 is 23.5 Å². The van der Waals surface area contributed by atoms with Gasteiger partial charge in [-0.1, -0.05) is 6.07 Å². The van der Waals surface area contributed by atoms with E-state index in [0.717, 1.165) is 0 Å². The number of carbonyl (C=O) groups excluding carboxylic acids is 3. The highest BCUT2D eigenvalue weighted by Gasteiger charge is 2.18. The first kappa shape index (κ1) is 22.7. The lowest BCUT2D eigenvalue weighted by Crippen LogP contribution is -2.27. The van der Waals surface area contributed by atoms with E-state index in [2.05, 4.69) is 5.32 Å². The van der Waals surface area contributed by atoms with Crippen molar-refractivity contribution in [2.45, 2.75) is 26.4 Å². The molecule has 8 nitrogen and oxygen atoms in total. The Bertz CT molecular complexity index is 931. The first-order valence-electron chi connectivity index (χ1n) is 9.15. The van der Waals surface area contributed by atoms with Gasteiger partial charge in [0.2, 0.25) is 5.78 Å². The van der Waals surface area contributed by atoms with Gasteiger partial charge in [0.25, 0.3) is 0 Å². The molecule has 8 heteroatoms.